The zero-order valence-corrected chi connectivity index (χ0v) is 12.1. The minimum atomic E-state index is -0.00304. The first-order chi connectivity index (χ1) is 9.66. The molecule has 0 atom stereocenters. The molecule has 0 aliphatic heterocycles. The number of amides is 1. The summed E-state index contributed by atoms with van der Waals surface area (Å²) >= 11 is 0. The van der Waals surface area contributed by atoms with Crippen molar-refractivity contribution in [3.8, 4) is 0 Å². The SMILES string of the molecule is Cc1cc(C)n(CCCCNC(=O)c2ccccc2)n1. The largest absolute Gasteiger partial charge is 0.352 e. The highest BCUT2D eigenvalue weighted by molar-refractivity contribution is 5.94. The number of carbonyl (C=O) groups excluding carboxylic acids is 1. The van der Waals surface area contributed by atoms with E-state index in [1.54, 1.807) is 0 Å². The normalized spacial score (nSPS) is 10.5. The topological polar surface area (TPSA) is 46.9 Å². The van der Waals surface area contributed by atoms with Gasteiger partial charge in [-0.05, 0) is 44.9 Å². The van der Waals surface area contributed by atoms with Gasteiger partial charge in [0.25, 0.3) is 5.91 Å². The molecule has 1 heterocycles. The number of aryl methyl sites for hydroxylation is 3. The molecule has 106 valence electrons. The predicted molar refractivity (Wildman–Crippen MR) is 79.7 cm³/mol. The third-order valence-corrected chi connectivity index (χ3v) is 3.22. The van der Waals surface area contributed by atoms with Crippen molar-refractivity contribution in [2.45, 2.75) is 33.2 Å². The quantitative estimate of drug-likeness (QED) is 0.821. The zero-order valence-electron chi connectivity index (χ0n) is 12.1. The Labute approximate surface area is 119 Å². The number of hydrogen-bond acceptors (Lipinski definition) is 2. The predicted octanol–water partition coefficient (Wildman–Crippen LogP) is 2.71. The molecule has 1 N–H and O–H groups in total. The first-order valence-electron chi connectivity index (χ1n) is 7.01. The van der Waals surface area contributed by atoms with E-state index in [9.17, 15) is 4.79 Å². The van der Waals surface area contributed by atoms with Crippen LogP contribution in [0.2, 0.25) is 0 Å². The molecule has 0 fully saturated rings. The van der Waals surface area contributed by atoms with E-state index in [4.69, 9.17) is 0 Å². The molecule has 1 aromatic carbocycles. The summed E-state index contributed by atoms with van der Waals surface area (Å²) in [6.45, 7) is 5.68. The van der Waals surface area contributed by atoms with Crippen molar-refractivity contribution in [2.75, 3.05) is 6.54 Å². The summed E-state index contributed by atoms with van der Waals surface area (Å²) in [4.78, 5) is 11.8. The van der Waals surface area contributed by atoms with Crippen molar-refractivity contribution in [3.63, 3.8) is 0 Å². The van der Waals surface area contributed by atoms with E-state index < -0.39 is 0 Å². The van der Waals surface area contributed by atoms with Gasteiger partial charge in [-0.2, -0.15) is 5.10 Å². The molecule has 1 amide bonds. The minimum Gasteiger partial charge on any atom is -0.352 e. The van der Waals surface area contributed by atoms with Crippen LogP contribution in [0.3, 0.4) is 0 Å². The summed E-state index contributed by atoms with van der Waals surface area (Å²) < 4.78 is 2.02. The summed E-state index contributed by atoms with van der Waals surface area (Å²) in [5.41, 5.74) is 2.96. The lowest BCUT2D eigenvalue weighted by Crippen LogP contribution is -2.24. The second kappa shape index (κ2) is 6.89. The van der Waals surface area contributed by atoms with Crippen molar-refractivity contribution in [3.05, 3.63) is 53.3 Å². The molecule has 20 heavy (non-hydrogen) atoms. The Morgan fingerprint density at radius 3 is 2.60 bits per heavy atom. The van der Waals surface area contributed by atoms with E-state index >= 15 is 0 Å². The summed E-state index contributed by atoms with van der Waals surface area (Å²) in [6.07, 6.45) is 1.97. The molecule has 0 aliphatic carbocycles. The Balaban J connectivity index is 1.67. The van der Waals surface area contributed by atoms with Crippen molar-refractivity contribution in [1.29, 1.82) is 0 Å². The molecule has 0 spiro atoms. The lowest BCUT2D eigenvalue weighted by Gasteiger charge is -2.06. The number of nitrogens with one attached hydrogen (secondary N) is 1. The van der Waals surface area contributed by atoms with Gasteiger partial charge in [0.05, 0.1) is 5.69 Å². The maximum atomic E-state index is 11.8. The molecule has 0 saturated carbocycles. The molecule has 4 nitrogen and oxygen atoms in total. The summed E-state index contributed by atoms with van der Waals surface area (Å²) in [5, 5.41) is 7.36. The fourth-order valence-electron chi connectivity index (χ4n) is 2.18. The van der Waals surface area contributed by atoms with Crippen molar-refractivity contribution < 1.29 is 4.79 Å². The Hall–Kier alpha value is -2.10. The first-order valence-corrected chi connectivity index (χ1v) is 7.01. The number of benzene rings is 1. The number of rotatable bonds is 6. The van der Waals surface area contributed by atoms with Crippen LogP contribution in [0.15, 0.2) is 36.4 Å². The molecule has 0 unspecified atom stereocenters. The molecule has 0 bridgehead atoms. The molecule has 4 heteroatoms. The van der Waals surface area contributed by atoms with E-state index in [-0.39, 0.29) is 5.91 Å². The maximum Gasteiger partial charge on any atom is 0.251 e. The van der Waals surface area contributed by atoms with Gasteiger partial charge in [-0.15, -0.1) is 0 Å². The van der Waals surface area contributed by atoms with Crippen LogP contribution in [0.25, 0.3) is 0 Å². The van der Waals surface area contributed by atoms with Gasteiger partial charge in [-0.25, -0.2) is 0 Å². The van der Waals surface area contributed by atoms with Gasteiger partial charge in [-0.3, -0.25) is 9.48 Å². The molecule has 0 radical (unpaired) electrons. The van der Waals surface area contributed by atoms with E-state index in [0.717, 1.165) is 25.1 Å². The highest BCUT2D eigenvalue weighted by Gasteiger charge is 2.03. The molecular weight excluding hydrogens is 250 g/mol. The van der Waals surface area contributed by atoms with Gasteiger partial charge in [-0.1, -0.05) is 18.2 Å². The van der Waals surface area contributed by atoms with Gasteiger partial charge >= 0.3 is 0 Å². The van der Waals surface area contributed by atoms with Gasteiger partial charge in [0.15, 0.2) is 0 Å². The van der Waals surface area contributed by atoms with Crippen LogP contribution in [0.1, 0.15) is 34.6 Å². The Kier molecular flexibility index (Phi) is 4.93. The molecule has 0 saturated heterocycles. The number of unbranched alkanes of at least 4 members (excludes halogenated alkanes) is 1. The van der Waals surface area contributed by atoms with Gasteiger partial charge in [0.2, 0.25) is 0 Å². The standard InChI is InChI=1S/C16H21N3O/c1-13-12-14(2)19(18-13)11-7-6-10-17-16(20)15-8-4-3-5-9-15/h3-5,8-9,12H,6-7,10-11H2,1-2H3,(H,17,20). The third-order valence-electron chi connectivity index (χ3n) is 3.22. The molecule has 2 aromatic rings. The van der Waals surface area contributed by atoms with Gasteiger partial charge in [0, 0.05) is 24.3 Å². The average Bonchev–Trinajstić information content (AvgIpc) is 2.77. The Bertz CT molecular complexity index is 560. The van der Waals surface area contributed by atoms with E-state index in [2.05, 4.69) is 23.4 Å². The lowest BCUT2D eigenvalue weighted by molar-refractivity contribution is 0.0953. The summed E-state index contributed by atoms with van der Waals surface area (Å²) in [7, 11) is 0. The molecule has 1 aromatic heterocycles. The molecule has 0 aliphatic rings. The average molecular weight is 271 g/mol. The van der Waals surface area contributed by atoms with Crippen LogP contribution in [0.5, 0.6) is 0 Å². The molecule has 2 rings (SSSR count). The van der Waals surface area contributed by atoms with Crippen LogP contribution in [-0.4, -0.2) is 22.2 Å². The van der Waals surface area contributed by atoms with Crippen molar-refractivity contribution in [2.24, 2.45) is 0 Å². The smallest absolute Gasteiger partial charge is 0.251 e. The Morgan fingerprint density at radius 2 is 1.95 bits per heavy atom. The van der Waals surface area contributed by atoms with E-state index in [1.165, 1.54) is 5.69 Å². The number of carbonyl (C=O) groups is 1. The summed E-state index contributed by atoms with van der Waals surface area (Å²) in [6, 6.07) is 11.4. The number of nitrogens with zero attached hydrogens (tertiary/aromatic N) is 2. The first kappa shape index (κ1) is 14.3. The molecular formula is C16H21N3O. The van der Waals surface area contributed by atoms with E-state index in [0.29, 0.717) is 12.1 Å². The number of hydrogen-bond donors (Lipinski definition) is 1. The monoisotopic (exact) mass is 271 g/mol. The van der Waals surface area contributed by atoms with Crippen molar-refractivity contribution >= 4 is 5.91 Å². The van der Waals surface area contributed by atoms with Crippen LogP contribution in [0.4, 0.5) is 0 Å². The lowest BCUT2D eigenvalue weighted by atomic mass is 10.2. The minimum absolute atomic E-state index is 0.00304. The fraction of sp³-hybridized carbons (Fsp3) is 0.375. The fourth-order valence-corrected chi connectivity index (χ4v) is 2.18. The number of aromatic nitrogens is 2. The van der Waals surface area contributed by atoms with E-state index in [1.807, 2.05) is 41.9 Å². The second-order valence-corrected chi connectivity index (χ2v) is 4.98. The van der Waals surface area contributed by atoms with Crippen LogP contribution in [0, 0.1) is 13.8 Å². The third kappa shape index (κ3) is 3.95. The van der Waals surface area contributed by atoms with Crippen LogP contribution < -0.4 is 5.32 Å². The van der Waals surface area contributed by atoms with Crippen LogP contribution in [-0.2, 0) is 6.54 Å². The second-order valence-electron chi connectivity index (χ2n) is 4.98. The highest BCUT2D eigenvalue weighted by Crippen LogP contribution is 2.04. The van der Waals surface area contributed by atoms with Gasteiger partial charge < -0.3 is 5.32 Å². The summed E-state index contributed by atoms with van der Waals surface area (Å²) in [5.74, 6) is -0.00304. The van der Waals surface area contributed by atoms with Crippen LogP contribution >= 0.6 is 0 Å². The van der Waals surface area contributed by atoms with Crippen molar-refractivity contribution in [1.82, 2.24) is 15.1 Å². The zero-order chi connectivity index (χ0) is 14.4. The van der Waals surface area contributed by atoms with Gasteiger partial charge in [0.1, 0.15) is 0 Å². The maximum absolute atomic E-state index is 11.8. The highest BCUT2D eigenvalue weighted by atomic mass is 16.1. The Morgan fingerprint density at radius 1 is 1.20 bits per heavy atom.